The van der Waals surface area contributed by atoms with Gasteiger partial charge in [-0.2, -0.15) is 0 Å². The molecule has 0 aliphatic rings. The van der Waals surface area contributed by atoms with Gasteiger partial charge in [-0.05, 0) is 48.6 Å². The van der Waals surface area contributed by atoms with Gasteiger partial charge in [0, 0.05) is 16.2 Å². The number of hydrogen-bond acceptors (Lipinski definition) is 1. The molecule has 0 bridgehead atoms. The Labute approximate surface area is 147 Å². The van der Waals surface area contributed by atoms with Crippen molar-refractivity contribution in [1.29, 1.82) is 0 Å². The van der Waals surface area contributed by atoms with Gasteiger partial charge >= 0.3 is 0 Å². The van der Waals surface area contributed by atoms with Crippen LogP contribution < -0.4 is 5.32 Å². The molecular weight excluding hydrogens is 320 g/mol. The van der Waals surface area contributed by atoms with E-state index in [1.807, 2.05) is 49.4 Å². The minimum atomic E-state index is -0.00287. The van der Waals surface area contributed by atoms with Crippen molar-refractivity contribution in [2.75, 3.05) is 0 Å². The number of carbonyl (C=O) groups is 1. The molecule has 1 heterocycles. The van der Waals surface area contributed by atoms with E-state index in [4.69, 9.17) is 11.6 Å². The molecule has 3 rings (SSSR count). The van der Waals surface area contributed by atoms with E-state index in [0.29, 0.717) is 11.6 Å². The van der Waals surface area contributed by atoms with Gasteiger partial charge in [0.1, 0.15) is 6.54 Å². The summed E-state index contributed by atoms with van der Waals surface area (Å²) in [5.74, 6) is 0.0150. The highest BCUT2D eigenvalue weighted by Gasteiger charge is 2.15. The van der Waals surface area contributed by atoms with Crippen LogP contribution in [0.2, 0.25) is 5.02 Å². The first kappa shape index (κ1) is 16.6. The second-order valence-electron chi connectivity index (χ2n) is 6.01. The predicted molar refractivity (Wildman–Crippen MR) is 99.3 cm³/mol. The van der Waals surface area contributed by atoms with Crippen molar-refractivity contribution in [3.05, 3.63) is 70.9 Å². The van der Waals surface area contributed by atoms with Gasteiger partial charge in [0.15, 0.2) is 0 Å². The van der Waals surface area contributed by atoms with Crippen LogP contribution in [0.3, 0.4) is 0 Å². The summed E-state index contributed by atoms with van der Waals surface area (Å²) in [5, 5.41) is 4.99. The van der Waals surface area contributed by atoms with Crippen LogP contribution >= 0.6 is 11.6 Å². The fraction of sp³-hybridized carbons (Fsp3) is 0.250. The van der Waals surface area contributed by atoms with Crippen LogP contribution in [-0.4, -0.2) is 10.5 Å². The highest BCUT2D eigenvalue weighted by atomic mass is 35.5. The number of nitrogens with one attached hydrogen (secondary N) is 1. The van der Waals surface area contributed by atoms with E-state index in [1.54, 1.807) is 0 Å². The number of aryl methyl sites for hydroxylation is 1. The number of rotatable bonds is 5. The van der Waals surface area contributed by atoms with Crippen LogP contribution in [0.15, 0.2) is 54.6 Å². The van der Waals surface area contributed by atoms with Crippen molar-refractivity contribution in [3.63, 3.8) is 0 Å². The number of amides is 1. The molecule has 1 N–H and O–H groups in total. The zero-order valence-electron chi connectivity index (χ0n) is 13.9. The molecule has 4 heteroatoms. The summed E-state index contributed by atoms with van der Waals surface area (Å²) >= 11 is 5.94. The molecule has 0 radical (unpaired) electrons. The summed E-state index contributed by atoms with van der Waals surface area (Å²) in [4.78, 5) is 12.6. The molecule has 0 saturated heterocycles. The Morgan fingerprint density at radius 1 is 1.17 bits per heavy atom. The summed E-state index contributed by atoms with van der Waals surface area (Å²) in [6.07, 6.45) is 0.832. The van der Waals surface area contributed by atoms with Gasteiger partial charge in [-0.3, -0.25) is 4.79 Å². The summed E-state index contributed by atoms with van der Waals surface area (Å²) in [7, 11) is 0. The fourth-order valence-electron chi connectivity index (χ4n) is 3.06. The molecule has 0 saturated carbocycles. The number of carbonyl (C=O) groups excluding carboxylic acids is 1. The van der Waals surface area contributed by atoms with Crippen molar-refractivity contribution in [2.24, 2.45) is 0 Å². The minimum absolute atomic E-state index is 0.00287. The average Bonchev–Trinajstić information content (AvgIpc) is 2.89. The summed E-state index contributed by atoms with van der Waals surface area (Å²) < 4.78 is 2.05. The summed E-state index contributed by atoms with van der Waals surface area (Å²) in [6, 6.07) is 17.9. The van der Waals surface area contributed by atoms with E-state index in [-0.39, 0.29) is 11.9 Å². The number of nitrogens with zero attached hydrogens (tertiary/aromatic N) is 1. The van der Waals surface area contributed by atoms with Crippen LogP contribution in [0.1, 0.15) is 30.6 Å². The topological polar surface area (TPSA) is 34.0 Å². The van der Waals surface area contributed by atoms with E-state index in [1.165, 1.54) is 0 Å². The molecule has 0 aliphatic carbocycles. The quantitative estimate of drug-likeness (QED) is 0.706. The number of fused-ring (bicyclic) bond motifs is 1. The van der Waals surface area contributed by atoms with Crippen LogP contribution in [0.25, 0.3) is 10.9 Å². The first-order valence-electron chi connectivity index (χ1n) is 8.18. The first-order chi connectivity index (χ1) is 11.6. The normalized spacial score (nSPS) is 12.3. The summed E-state index contributed by atoms with van der Waals surface area (Å²) in [5.41, 5.74) is 3.25. The monoisotopic (exact) mass is 340 g/mol. The van der Waals surface area contributed by atoms with Gasteiger partial charge in [0.25, 0.3) is 0 Å². The van der Waals surface area contributed by atoms with E-state index in [9.17, 15) is 4.79 Å². The van der Waals surface area contributed by atoms with Crippen LogP contribution in [0.4, 0.5) is 0 Å². The second kappa shape index (κ2) is 7.10. The van der Waals surface area contributed by atoms with E-state index < -0.39 is 0 Å². The minimum Gasteiger partial charge on any atom is -0.348 e. The maximum atomic E-state index is 12.6. The molecule has 1 unspecified atom stereocenters. The number of benzene rings is 2. The van der Waals surface area contributed by atoms with Gasteiger partial charge in [0.05, 0.1) is 6.04 Å². The van der Waals surface area contributed by atoms with Gasteiger partial charge < -0.3 is 9.88 Å². The molecule has 3 nitrogen and oxygen atoms in total. The first-order valence-corrected chi connectivity index (χ1v) is 8.56. The van der Waals surface area contributed by atoms with Gasteiger partial charge in [-0.15, -0.1) is 0 Å². The van der Waals surface area contributed by atoms with Crippen LogP contribution in [-0.2, 0) is 11.3 Å². The maximum Gasteiger partial charge on any atom is 0.240 e. The number of hydrogen-bond donors (Lipinski definition) is 1. The molecule has 0 aliphatic heterocycles. The highest BCUT2D eigenvalue weighted by molar-refractivity contribution is 6.30. The molecular formula is C20H21ClN2O. The van der Waals surface area contributed by atoms with Gasteiger partial charge in [-0.1, -0.05) is 48.9 Å². The third-order valence-electron chi connectivity index (χ3n) is 4.34. The van der Waals surface area contributed by atoms with Crippen LogP contribution in [0, 0.1) is 6.92 Å². The SMILES string of the molecule is CCC(NC(=O)Cn1c(C)cc2ccccc21)c1ccc(Cl)cc1. The fourth-order valence-corrected chi connectivity index (χ4v) is 3.18. The van der Waals surface area contributed by atoms with Crippen molar-refractivity contribution in [3.8, 4) is 0 Å². The van der Waals surface area contributed by atoms with Crippen LogP contribution in [0.5, 0.6) is 0 Å². The number of para-hydroxylation sites is 1. The van der Waals surface area contributed by atoms with Crippen molar-refractivity contribution >= 4 is 28.4 Å². The number of halogens is 1. The highest BCUT2D eigenvalue weighted by Crippen LogP contribution is 2.21. The predicted octanol–water partition coefficient (Wildman–Crippen LogP) is 4.87. The van der Waals surface area contributed by atoms with E-state index >= 15 is 0 Å². The zero-order chi connectivity index (χ0) is 17.1. The van der Waals surface area contributed by atoms with Gasteiger partial charge in [0.2, 0.25) is 5.91 Å². The molecule has 1 amide bonds. The maximum absolute atomic E-state index is 12.6. The number of aromatic nitrogens is 1. The Balaban J connectivity index is 1.76. The third kappa shape index (κ3) is 3.46. The molecule has 0 spiro atoms. The average molecular weight is 341 g/mol. The van der Waals surface area contributed by atoms with Gasteiger partial charge in [-0.25, -0.2) is 0 Å². The zero-order valence-corrected chi connectivity index (χ0v) is 14.7. The molecule has 2 aromatic carbocycles. The molecule has 0 fully saturated rings. The Morgan fingerprint density at radius 2 is 1.88 bits per heavy atom. The Bertz CT molecular complexity index is 852. The summed E-state index contributed by atoms with van der Waals surface area (Å²) in [6.45, 7) is 4.42. The second-order valence-corrected chi connectivity index (χ2v) is 6.45. The molecule has 24 heavy (non-hydrogen) atoms. The van der Waals surface area contributed by atoms with E-state index in [2.05, 4.69) is 28.9 Å². The lowest BCUT2D eigenvalue weighted by molar-refractivity contribution is -0.122. The molecule has 3 aromatic rings. The lowest BCUT2D eigenvalue weighted by Gasteiger charge is -2.18. The largest absolute Gasteiger partial charge is 0.348 e. The Morgan fingerprint density at radius 3 is 2.58 bits per heavy atom. The third-order valence-corrected chi connectivity index (χ3v) is 4.59. The van der Waals surface area contributed by atoms with Crippen molar-refractivity contribution < 1.29 is 4.79 Å². The molecule has 1 aromatic heterocycles. The lowest BCUT2D eigenvalue weighted by Crippen LogP contribution is -2.31. The Kier molecular flexibility index (Phi) is 4.91. The molecule has 124 valence electrons. The van der Waals surface area contributed by atoms with E-state index in [0.717, 1.165) is 28.6 Å². The molecule has 1 atom stereocenters. The Hall–Kier alpha value is -2.26. The lowest BCUT2D eigenvalue weighted by atomic mass is 10.0. The smallest absolute Gasteiger partial charge is 0.240 e. The standard InChI is InChI=1S/C20H21ClN2O/c1-3-18(15-8-10-17(21)11-9-15)22-20(24)13-23-14(2)12-16-6-4-5-7-19(16)23/h4-12,18H,3,13H2,1-2H3,(H,22,24). The van der Waals surface area contributed by atoms with Crippen molar-refractivity contribution in [1.82, 2.24) is 9.88 Å². The van der Waals surface area contributed by atoms with Crippen molar-refractivity contribution in [2.45, 2.75) is 32.9 Å².